The molecule has 0 heterocycles. The maximum atomic E-state index is 13.6. The molecule has 7 heteroatoms. The number of carbonyl (C=O) groups is 1. The number of fused-ring (bicyclic) bond motifs is 2. The van der Waals surface area contributed by atoms with Gasteiger partial charge in [-0.2, -0.15) is 10.2 Å². The van der Waals surface area contributed by atoms with Crippen molar-refractivity contribution in [3.63, 3.8) is 0 Å². The molecule has 2 saturated carbocycles. The van der Waals surface area contributed by atoms with Gasteiger partial charge in [0.1, 0.15) is 5.84 Å². The van der Waals surface area contributed by atoms with Gasteiger partial charge in [0.25, 0.3) is 5.91 Å². The van der Waals surface area contributed by atoms with E-state index in [4.69, 9.17) is 17.3 Å². The number of nitrogens with zero attached hydrogens (tertiary/aromatic N) is 3. The number of carbonyl (C=O) groups excluding carboxylic acids is 1. The third kappa shape index (κ3) is 5.12. The molecular weight excluding hydrogens is 446 g/mol. The summed E-state index contributed by atoms with van der Waals surface area (Å²) in [6, 6.07) is 6.54. The lowest BCUT2D eigenvalue weighted by atomic mass is 9.68. The van der Waals surface area contributed by atoms with Gasteiger partial charge in [-0.3, -0.25) is 9.79 Å². The zero-order valence-corrected chi connectivity index (χ0v) is 21.4. The van der Waals surface area contributed by atoms with Crippen LogP contribution in [0.4, 0.5) is 0 Å². The van der Waals surface area contributed by atoms with Gasteiger partial charge in [0.05, 0.1) is 12.2 Å². The summed E-state index contributed by atoms with van der Waals surface area (Å²) in [7, 11) is 0. The van der Waals surface area contributed by atoms with Crippen LogP contribution in [0.15, 0.2) is 62.9 Å². The fourth-order valence-corrected chi connectivity index (χ4v) is 6.06. The van der Waals surface area contributed by atoms with E-state index in [9.17, 15) is 4.79 Å². The van der Waals surface area contributed by atoms with Crippen LogP contribution in [0.25, 0.3) is 0 Å². The Balaban J connectivity index is 1.55. The second kappa shape index (κ2) is 9.65. The molecule has 182 valence electrons. The van der Waals surface area contributed by atoms with Gasteiger partial charge in [-0.25, -0.2) is 0 Å². The van der Waals surface area contributed by atoms with Crippen molar-refractivity contribution in [2.45, 2.75) is 78.4 Å². The normalized spacial score (nSPS) is 29.1. The zero-order valence-electron chi connectivity index (χ0n) is 20.6. The number of hydrogen-bond donors (Lipinski definition) is 2. The van der Waals surface area contributed by atoms with Crippen LogP contribution in [0, 0.1) is 16.7 Å². The Labute approximate surface area is 207 Å². The lowest BCUT2D eigenvalue weighted by molar-refractivity contribution is -0.123. The highest BCUT2D eigenvalue weighted by Gasteiger charge is 2.60. The fourth-order valence-electron chi connectivity index (χ4n) is 5.93. The number of nitrogens with two attached hydrogens (primary N) is 1. The molecule has 4 atom stereocenters. The number of allylic oxidation sites excluding steroid dienone is 4. The molecule has 0 spiro atoms. The summed E-state index contributed by atoms with van der Waals surface area (Å²) < 4.78 is 0. The summed E-state index contributed by atoms with van der Waals surface area (Å²) in [6.07, 6.45) is 9.26. The Bertz CT molecular complexity index is 1050. The van der Waals surface area contributed by atoms with Gasteiger partial charge in [-0.05, 0) is 79.5 Å². The number of azo groups is 1. The topological polar surface area (TPSA) is 92.2 Å². The van der Waals surface area contributed by atoms with Crippen molar-refractivity contribution in [1.82, 2.24) is 5.32 Å². The smallest absolute Gasteiger partial charge is 0.254 e. The second-order valence-electron chi connectivity index (χ2n) is 11.0. The Morgan fingerprint density at radius 2 is 1.94 bits per heavy atom. The van der Waals surface area contributed by atoms with E-state index >= 15 is 0 Å². The summed E-state index contributed by atoms with van der Waals surface area (Å²) >= 11 is 5.98. The molecule has 2 fully saturated rings. The third-order valence-electron chi connectivity index (χ3n) is 8.08. The van der Waals surface area contributed by atoms with Crippen LogP contribution >= 0.6 is 11.6 Å². The average molecular weight is 482 g/mol. The first kappa shape index (κ1) is 24.6. The predicted molar refractivity (Wildman–Crippen MR) is 138 cm³/mol. The summed E-state index contributed by atoms with van der Waals surface area (Å²) in [5.74, 6) is 0.572. The van der Waals surface area contributed by atoms with E-state index in [1.807, 2.05) is 36.4 Å². The molecule has 4 unspecified atom stereocenters. The quantitative estimate of drug-likeness (QED) is 0.285. The third-order valence-corrected chi connectivity index (χ3v) is 8.33. The highest BCUT2D eigenvalue weighted by atomic mass is 35.5. The van der Waals surface area contributed by atoms with Crippen molar-refractivity contribution in [1.29, 1.82) is 0 Å². The minimum atomic E-state index is -0.960. The maximum absolute atomic E-state index is 13.6. The van der Waals surface area contributed by atoms with Gasteiger partial charge < -0.3 is 11.1 Å². The van der Waals surface area contributed by atoms with E-state index in [1.54, 1.807) is 0 Å². The number of aliphatic imine (C=N–C) groups is 1. The maximum Gasteiger partial charge on any atom is 0.254 e. The first-order valence-corrected chi connectivity index (χ1v) is 12.6. The Morgan fingerprint density at radius 1 is 1.21 bits per heavy atom. The molecular formula is C27H36ClN5O. The van der Waals surface area contributed by atoms with E-state index in [0.29, 0.717) is 17.5 Å². The average Bonchev–Trinajstić information content (AvgIpc) is 3.28. The van der Waals surface area contributed by atoms with Crippen molar-refractivity contribution in [2.75, 3.05) is 0 Å². The number of rotatable bonds is 7. The molecule has 0 radical (unpaired) electrons. The molecule has 2 bridgehead atoms. The van der Waals surface area contributed by atoms with Crippen LogP contribution < -0.4 is 11.1 Å². The highest BCUT2D eigenvalue weighted by Crippen LogP contribution is 2.62. The lowest BCUT2D eigenvalue weighted by Crippen LogP contribution is -2.56. The highest BCUT2D eigenvalue weighted by molar-refractivity contribution is 6.30. The number of hydrogen-bond acceptors (Lipinski definition) is 4. The monoisotopic (exact) mass is 481 g/mol. The van der Waals surface area contributed by atoms with E-state index in [2.05, 4.69) is 48.2 Å². The molecule has 0 aromatic heterocycles. The summed E-state index contributed by atoms with van der Waals surface area (Å²) in [5, 5.41) is 12.8. The molecule has 3 aliphatic carbocycles. The molecule has 0 saturated heterocycles. The summed E-state index contributed by atoms with van der Waals surface area (Å²) in [5.41, 5.74) is 9.62. The van der Waals surface area contributed by atoms with Gasteiger partial charge >= 0.3 is 0 Å². The standard InChI is InChI=1S/C27H36ClN5O/c1-17-5-11-21(12-6-17)32-33-22(23(29)30-16-18-7-9-20(28)10-8-18)24(34)31-25-26(2,3)19-13-14-27(25,4)15-19/h5,7-11,19,22,25H,6,12-16H2,1-4H3,(H2,29,30)(H,31,34). The molecule has 1 aromatic carbocycles. The molecule has 34 heavy (non-hydrogen) atoms. The Hall–Kier alpha value is -2.47. The van der Waals surface area contributed by atoms with Crippen LogP contribution in [-0.2, 0) is 11.3 Å². The molecule has 3 N–H and O–H groups in total. The van der Waals surface area contributed by atoms with Gasteiger partial charge in [-0.15, -0.1) is 0 Å². The fraction of sp³-hybridized carbons (Fsp3) is 0.556. The number of amidine groups is 1. The first-order chi connectivity index (χ1) is 16.1. The van der Waals surface area contributed by atoms with Crippen molar-refractivity contribution in [2.24, 2.45) is 37.7 Å². The predicted octanol–water partition coefficient (Wildman–Crippen LogP) is 5.97. The van der Waals surface area contributed by atoms with Crippen LogP contribution in [0.3, 0.4) is 0 Å². The van der Waals surface area contributed by atoms with Gasteiger partial charge in [0, 0.05) is 11.1 Å². The number of halogens is 1. The SMILES string of the molecule is CC1=CC=C(N=NC(C(=O)NC2C3(C)CCC(C3)C2(C)C)C(N)=NCc2ccc(Cl)cc2)CC1. The lowest BCUT2D eigenvalue weighted by Gasteiger charge is -2.43. The second-order valence-corrected chi connectivity index (χ2v) is 11.4. The minimum absolute atomic E-state index is 0.0355. The van der Waals surface area contributed by atoms with Gasteiger partial charge in [-0.1, -0.05) is 56.2 Å². The van der Waals surface area contributed by atoms with Crippen LogP contribution in [0.2, 0.25) is 5.02 Å². The molecule has 4 rings (SSSR count). The summed E-state index contributed by atoms with van der Waals surface area (Å²) in [4.78, 5) is 18.1. The van der Waals surface area contributed by atoms with Crippen molar-refractivity contribution < 1.29 is 4.79 Å². The molecule has 6 nitrogen and oxygen atoms in total. The minimum Gasteiger partial charge on any atom is -0.385 e. The largest absolute Gasteiger partial charge is 0.385 e. The first-order valence-electron chi connectivity index (χ1n) is 12.2. The van der Waals surface area contributed by atoms with E-state index in [-0.39, 0.29) is 28.6 Å². The van der Waals surface area contributed by atoms with Crippen LogP contribution in [0.1, 0.15) is 65.4 Å². The van der Waals surface area contributed by atoms with Gasteiger partial charge in [0.15, 0.2) is 0 Å². The van der Waals surface area contributed by atoms with E-state index in [1.165, 1.54) is 12.0 Å². The van der Waals surface area contributed by atoms with Crippen LogP contribution in [0.5, 0.6) is 0 Å². The number of nitrogens with one attached hydrogen (secondary N) is 1. The molecule has 1 amide bonds. The number of benzene rings is 1. The number of amides is 1. The Kier molecular flexibility index (Phi) is 6.99. The molecule has 1 aromatic rings. The van der Waals surface area contributed by atoms with Crippen LogP contribution in [-0.4, -0.2) is 23.8 Å². The Morgan fingerprint density at radius 3 is 2.56 bits per heavy atom. The van der Waals surface area contributed by atoms with Crippen molar-refractivity contribution >= 4 is 23.3 Å². The van der Waals surface area contributed by atoms with E-state index < -0.39 is 6.04 Å². The summed E-state index contributed by atoms with van der Waals surface area (Å²) in [6.45, 7) is 9.27. The van der Waals surface area contributed by atoms with Gasteiger partial charge in [0.2, 0.25) is 6.04 Å². The molecule has 3 aliphatic rings. The molecule has 0 aliphatic heterocycles. The van der Waals surface area contributed by atoms with Crippen molar-refractivity contribution in [3.05, 3.63) is 58.3 Å². The van der Waals surface area contributed by atoms with E-state index in [0.717, 1.165) is 36.9 Å². The van der Waals surface area contributed by atoms with Crippen molar-refractivity contribution in [3.8, 4) is 0 Å². The zero-order chi connectivity index (χ0) is 24.5.